The maximum Gasteiger partial charge on any atom is 0.236 e. The minimum absolute atomic E-state index is 0.0383. The van der Waals surface area contributed by atoms with Crippen LogP contribution in [0.2, 0.25) is 0 Å². The van der Waals surface area contributed by atoms with Gasteiger partial charge in [-0.2, -0.15) is 0 Å². The first-order valence-corrected chi connectivity index (χ1v) is 8.94. The van der Waals surface area contributed by atoms with Gasteiger partial charge in [0.1, 0.15) is 5.75 Å². The molecule has 0 saturated heterocycles. The second-order valence-corrected chi connectivity index (χ2v) is 7.33. The van der Waals surface area contributed by atoms with E-state index in [1.165, 1.54) is 0 Å². The molecule has 26 heavy (non-hydrogen) atoms. The quantitative estimate of drug-likeness (QED) is 0.683. The number of allylic oxidation sites excluding steroid dienone is 2. The van der Waals surface area contributed by atoms with Crippen LogP contribution < -0.4 is 10.1 Å². The Hall–Kier alpha value is -2.88. The van der Waals surface area contributed by atoms with Gasteiger partial charge in [0.05, 0.1) is 12.5 Å². The fraction of sp³-hybridized carbons (Fsp3) is 0.273. The minimum atomic E-state index is -0.785. The number of methoxy groups -OCH3 is 1. The number of anilines is 1. The molecule has 4 heteroatoms. The van der Waals surface area contributed by atoms with Crippen molar-refractivity contribution in [3.05, 3.63) is 71.8 Å². The third kappa shape index (κ3) is 1.79. The van der Waals surface area contributed by atoms with Crippen molar-refractivity contribution in [1.29, 1.82) is 0 Å². The van der Waals surface area contributed by atoms with Crippen LogP contribution in [-0.2, 0) is 10.2 Å². The number of rotatable bonds is 3. The van der Waals surface area contributed by atoms with Crippen LogP contribution in [0.3, 0.4) is 0 Å². The summed E-state index contributed by atoms with van der Waals surface area (Å²) < 4.78 is 5.19. The zero-order valence-electron chi connectivity index (χ0n) is 14.4. The summed E-state index contributed by atoms with van der Waals surface area (Å²) in [6.07, 6.45) is 5.11. The van der Waals surface area contributed by atoms with Gasteiger partial charge in [-0.3, -0.25) is 9.59 Å². The van der Waals surface area contributed by atoms with Crippen LogP contribution >= 0.6 is 0 Å². The lowest BCUT2D eigenvalue weighted by atomic mass is 9.63. The summed E-state index contributed by atoms with van der Waals surface area (Å²) in [5.41, 5.74) is 1.65. The number of hydrogen-bond acceptors (Lipinski definition) is 3. The van der Waals surface area contributed by atoms with Crippen LogP contribution in [0.5, 0.6) is 5.75 Å². The molecule has 0 aromatic heterocycles. The Kier molecular flexibility index (Phi) is 3.14. The highest BCUT2D eigenvalue weighted by atomic mass is 16.5. The molecular formula is C22H19NO3. The van der Waals surface area contributed by atoms with E-state index in [1.807, 2.05) is 24.3 Å². The SMILES string of the molecule is COc1ccc(C(=O)[C@@H]2[C@@H]3C=C[C@@H](C3)[C@]23C(=O)Nc2ccccc23)cc1. The molecule has 3 aliphatic rings. The first-order chi connectivity index (χ1) is 12.7. The van der Waals surface area contributed by atoms with E-state index < -0.39 is 5.41 Å². The number of carbonyl (C=O) groups is 2. The zero-order valence-corrected chi connectivity index (χ0v) is 14.4. The van der Waals surface area contributed by atoms with E-state index in [0.717, 1.165) is 17.7 Å². The van der Waals surface area contributed by atoms with Crippen molar-refractivity contribution in [3.63, 3.8) is 0 Å². The van der Waals surface area contributed by atoms with Crippen LogP contribution in [-0.4, -0.2) is 18.8 Å². The lowest BCUT2D eigenvalue weighted by Gasteiger charge is -2.36. The fourth-order valence-electron chi connectivity index (χ4n) is 5.19. The van der Waals surface area contributed by atoms with Gasteiger partial charge in [-0.05, 0) is 54.2 Å². The van der Waals surface area contributed by atoms with Gasteiger partial charge in [-0.25, -0.2) is 0 Å². The Bertz CT molecular complexity index is 946. The highest BCUT2D eigenvalue weighted by molar-refractivity contribution is 6.13. The number of fused-ring (bicyclic) bond motifs is 5. The van der Waals surface area contributed by atoms with Crippen molar-refractivity contribution in [2.75, 3.05) is 12.4 Å². The Morgan fingerprint density at radius 1 is 1.12 bits per heavy atom. The summed E-state index contributed by atoms with van der Waals surface area (Å²) in [6, 6.07) is 15.0. The van der Waals surface area contributed by atoms with E-state index in [9.17, 15) is 9.59 Å². The number of ketones is 1. The van der Waals surface area contributed by atoms with Gasteiger partial charge >= 0.3 is 0 Å². The lowest BCUT2D eigenvalue weighted by Crippen LogP contribution is -2.48. The summed E-state index contributed by atoms with van der Waals surface area (Å²) in [5.74, 6) is 0.524. The van der Waals surface area contributed by atoms with Crippen LogP contribution in [0, 0.1) is 17.8 Å². The molecule has 2 aromatic rings. The maximum absolute atomic E-state index is 13.5. The molecule has 5 rings (SSSR count). The molecule has 130 valence electrons. The molecule has 2 aliphatic carbocycles. The minimum Gasteiger partial charge on any atom is -0.497 e. The molecule has 1 fully saturated rings. The number of hydrogen-bond donors (Lipinski definition) is 1. The Morgan fingerprint density at radius 3 is 2.65 bits per heavy atom. The molecular weight excluding hydrogens is 326 g/mol. The van der Waals surface area contributed by atoms with E-state index in [0.29, 0.717) is 11.3 Å². The molecule has 1 aliphatic heterocycles. The third-order valence-corrected chi connectivity index (χ3v) is 6.27. The molecule has 1 spiro atoms. The molecule has 1 amide bonds. The smallest absolute Gasteiger partial charge is 0.236 e. The molecule has 0 radical (unpaired) electrons. The first kappa shape index (κ1) is 15.4. The van der Waals surface area contributed by atoms with Gasteiger partial charge in [-0.1, -0.05) is 30.4 Å². The van der Waals surface area contributed by atoms with Gasteiger partial charge in [-0.15, -0.1) is 0 Å². The Balaban J connectivity index is 1.65. The predicted molar refractivity (Wildman–Crippen MR) is 98.3 cm³/mol. The fourth-order valence-corrected chi connectivity index (χ4v) is 5.19. The number of carbonyl (C=O) groups excluding carboxylic acids is 2. The highest BCUT2D eigenvalue weighted by Crippen LogP contribution is 2.61. The van der Waals surface area contributed by atoms with Crippen molar-refractivity contribution >= 4 is 17.4 Å². The molecule has 0 unspecified atom stereocenters. The molecule has 1 saturated carbocycles. The largest absolute Gasteiger partial charge is 0.497 e. The van der Waals surface area contributed by atoms with E-state index in [2.05, 4.69) is 17.5 Å². The average Bonchev–Trinajstić information content (AvgIpc) is 3.35. The Morgan fingerprint density at radius 2 is 1.88 bits per heavy atom. The summed E-state index contributed by atoms with van der Waals surface area (Å²) in [6.45, 7) is 0. The van der Waals surface area contributed by atoms with Gasteiger partial charge in [0.2, 0.25) is 5.91 Å². The van der Waals surface area contributed by atoms with E-state index in [-0.39, 0.29) is 29.4 Å². The van der Waals surface area contributed by atoms with E-state index >= 15 is 0 Å². The van der Waals surface area contributed by atoms with Crippen LogP contribution in [0.1, 0.15) is 22.3 Å². The third-order valence-electron chi connectivity index (χ3n) is 6.27. The van der Waals surface area contributed by atoms with Gasteiger partial charge in [0.15, 0.2) is 5.78 Å². The van der Waals surface area contributed by atoms with Crippen molar-refractivity contribution in [1.82, 2.24) is 0 Å². The zero-order chi connectivity index (χ0) is 17.9. The average molecular weight is 345 g/mol. The summed E-state index contributed by atoms with van der Waals surface area (Å²) in [7, 11) is 1.60. The summed E-state index contributed by atoms with van der Waals surface area (Å²) in [5, 5.41) is 3.02. The predicted octanol–water partition coefficient (Wildman–Crippen LogP) is 3.59. The van der Waals surface area contributed by atoms with Crippen molar-refractivity contribution in [2.24, 2.45) is 17.8 Å². The standard InChI is InChI=1S/C22H19NO3/c1-26-16-10-7-13(8-11-16)20(24)19-14-6-9-15(12-14)22(19)17-4-2-3-5-18(17)23-21(22)25/h2-11,14-15,19H,12H2,1H3,(H,23,25)/t14-,15+,19+,22-/m1/s1. The number of Topliss-reactive ketones (excluding diaryl/α,β-unsaturated/α-hetero) is 1. The Labute approximate surface area is 151 Å². The van der Waals surface area contributed by atoms with Crippen LogP contribution in [0.15, 0.2) is 60.7 Å². The number of amides is 1. The molecule has 2 bridgehead atoms. The summed E-state index contributed by atoms with van der Waals surface area (Å²) >= 11 is 0. The molecule has 1 heterocycles. The number of nitrogens with one attached hydrogen (secondary N) is 1. The first-order valence-electron chi connectivity index (χ1n) is 8.94. The monoisotopic (exact) mass is 345 g/mol. The normalized spacial score (nSPS) is 30.5. The lowest BCUT2D eigenvalue weighted by molar-refractivity contribution is -0.122. The van der Waals surface area contributed by atoms with Crippen LogP contribution in [0.25, 0.3) is 0 Å². The number of para-hydroxylation sites is 1. The topological polar surface area (TPSA) is 55.4 Å². The number of ether oxygens (including phenoxy) is 1. The van der Waals surface area contributed by atoms with Gasteiger partial charge in [0.25, 0.3) is 0 Å². The second kappa shape index (κ2) is 5.31. The van der Waals surface area contributed by atoms with Crippen molar-refractivity contribution in [3.8, 4) is 5.75 Å². The van der Waals surface area contributed by atoms with E-state index in [4.69, 9.17) is 4.74 Å². The maximum atomic E-state index is 13.5. The second-order valence-electron chi connectivity index (χ2n) is 7.33. The molecule has 2 aromatic carbocycles. The summed E-state index contributed by atoms with van der Waals surface area (Å²) in [4.78, 5) is 26.7. The van der Waals surface area contributed by atoms with E-state index in [1.54, 1.807) is 31.4 Å². The highest BCUT2D eigenvalue weighted by Gasteiger charge is 2.66. The molecule has 4 atom stereocenters. The van der Waals surface area contributed by atoms with Gasteiger partial charge < -0.3 is 10.1 Å². The van der Waals surface area contributed by atoms with Crippen molar-refractivity contribution < 1.29 is 14.3 Å². The molecule has 4 nitrogen and oxygen atoms in total. The van der Waals surface area contributed by atoms with Crippen molar-refractivity contribution in [2.45, 2.75) is 11.8 Å². The molecule has 1 N–H and O–H groups in total. The van der Waals surface area contributed by atoms with Gasteiger partial charge in [0, 0.05) is 17.2 Å². The number of benzene rings is 2. The van der Waals surface area contributed by atoms with Crippen LogP contribution in [0.4, 0.5) is 5.69 Å².